The smallest absolute Gasteiger partial charge is 0.0400 e. The number of fused-ring (bicyclic) bond motifs is 2. The van der Waals surface area contributed by atoms with Crippen molar-refractivity contribution in [2.75, 3.05) is 0 Å². The number of rotatable bonds is 0. The molecule has 2 aromatic rings. The van der Waals surface area contributed by atoms with Crippen LogP contribution in [0.15, 0.2) is 24.3 Å². The van der Waals surface area contributed by atoms with E-state index in [2.05, 4.69) is 47.1 Å². The summed E-state index contributed by atoms with van der Waals surface area (Å²) in [7, 11) is 0. The Morgan fingerprint density at radius 2 is 1.95 bits per heavy atom. The van der Waals surface area contributed by atoms with Gasteiger partial charge in [-0.3, -0.25) is 0 Å². The molecule has 1 heteroatoms. The van der Waals surface area contributed by atoms with E-state index in [9.17, 15) is 0 Å². The standard InChI is InChI=1S/C18H19Br/c1-11-5-8-14-15-4-2-3-12-6-7-13(18(12)15)10-16(14)17(19)9-11/h2-4,10-11,17H,5-9H2,1H3. The summed E-state index contributed by atoms with van der Waals surface area (Å²) < 4.78 is 0. The van der Waals surface area contributed by atoms with Crippen molar-refractivity contribution in [2.24, 2.45) is 5.92 Å². The molecule has 0 saturated carbocycles. The molecule has 2 aromatic carbocycles. The zero-order valence-electron chi connectivity index (χ0n) is 11.4. The van der Waals surface area contributed by atoms with Crippen LogP contribution in [0.5, 0.6) is 0 Å². The van der Waals surface area contributed by atoms with Gasteiger partial charge in [0.2, 0.25) is 0 Å². The first-order valence-electron chi connectivity index (χ1n) is 7.44. The molecule has 0 saturated heterocycles. The number of benzene rings is 2. The van der Waals surface area contributed by atoms with Crippen molar-refractivity contribution in [2.45, 2.75) is 43.9 Å². The fourth-order valence-electron chi connectivity index (χ4n) is 3.96. The molecule has 0 aromatic heterocycles. The van der Waals surface area contributed by atoms with Gasteiger partial charge in [-0.1, -0.05) is 47.1 Å². The van der Waals surface area contributed by atoms with Gasteiger partial charge in [-0.05, 0) is 71.0 Å². The summed E-state index contributed by atoms with van der Waals surface area (Å²) >= 11 is 3.94. The van der Waals surface area contributed by atoms with Crippen LogP contribution in [-0.2, 0) is 19.3 Å². The number of aryl methyl sites for hydroxylation is 3. The summed E-state index contributed by atoms with van der Waals surface area (Å²) in [5.74, 6) is 0.821. The van der Waals surface area contributed by atoms with E-state index < -0.39 is 0 Å². The molecule has 0 N–H and O–H groups in total. The molecule has 0 bridgehead atoms. The highest BCUT2D eigenvalue weighted by Gasteiger charge is 2.25. The molecule has 0 spiro atoms. The monoisotopic (exact) mass is 314 g/mol. The fourth-order valence-corrected chi connectivity index (χ4v) is 5.00. The van der Waals surface area contributed by atoms with E-state index >= 15 is 0 Å². The van der Waals surface area contributed by atoms with Crippen molar-refractivity contribution in [3.05, 3.63) is 46.5 Å². The minimum absolute atomic E-state index is 0.546. The van der Waals surface area contributed by atoms with Gasteiger partial charge in [0.05, 0.1) is 0 Å². The second kappa shape index (κ2) is 4.34. The van der Waals surface area contributed by atoms with Crippen LogP contribution in [0.1, 0.15) is 46.8 Å². The molecule has 0 amide bonds. The van der Waals surface area contributed by atoms with E-state index in [1.807, 2.05) is 0 Å². The molecule has 2 unspecified atom stereocenters. The van der Waals surface area contributed by atoms with Crippen LogP contribution in [0.2, 0.25) is 0 Å². The van der Waals surface area contributed by atoms with E-state index in [0.717, 1.165) is 5.92 Å². The van der Waals surface area contributed by atoms with Crippen molar-refractivity contribution < 1.29 is 0 Å². The average molecular weight is 315 g/mol. The molecular weight excluding hydrogens is 296 g/mol. The van der Waals surface area contributed by atoms with E-state index in [1.54, 1.807) is 33.0 Å². The zero-order chi connectivity index (χ0) is 13.0. The SMILES string of the molecule is CC1CCc2c(cc3c4c(cccc24)CC3)C(Br)C1. The maximum Gasteiger partial charge on any atom is 0.0400 e. The lowest BCUT2D eigenvalue weighted by Crippen LogP contribution is -1.97. The van der Waals surface area contributed by atoms with Gasteiger partial charge in [-0.2, -0.15) is 0 Å². The van der Waals surface area contributed by atoms with Crippen LogP contribution in [0, 0.1) is 5.92 Å². The number of hydrogen-bond donors (Lipinski definition) is 0. The Hall–Kier alpha value is -0.820. The molecule has 2 aliphatic rings. The van der Waals surface area contributed by atoms with Gasteiger partial charge >= 0.3 is 0 Å². The predicted octanol–water partition coefficient (Wildman–Crippen LogP) is 5.35. The quantitative estimate of drug-likeness (QED) is 0.454. The average Bonchev–Trinajstić information content (AvgIpc) is 2.75. The third-order valence-electron chi connectivity index (χ3n) is 4.97. The maximum absolute atomic E-state index is 3.94. The van der Waals surface area contributed by atoms with E-state index in [4.69, 9.17) is 0 Å². The van der Waals surface area contributed by atoms with Crippen LogP contribution in [-0.4, -0.2) is 0 Å². The van der Waals surface area contributed by atoms with Crippen molar-refractivity contribution in [3.8, 4) is 0 Å². The third-order valence-corrected chi connectivity index (χ3v) is 5.84. The highest BCUT2D eigenvalue weighted by atomic mass is 79.9. The van der Waals surface area contributed by atoms with Gasteiger partial charge in [0.1, 0.15) is 0 Å². The Morgan fingerprint density at radius 1 is 1.11 bits per heavy atom. The van der Waals surface area contributed by atoms with Crippen LogP contribution in [0.4, 0.5) is 0 Å². The second-order valence-corrected chi connectivity index (χ2v) is 7.40. The molecule has 0 aliphatic heterocycles. The van der Waals surface area contributed by atoms with Crippen LogP contribution in [0.25, 0.3) is 10.8 Å². The number of hydrogen-bond acceptors (Lipinski definition) is 0. The van der Waals surface area contributed by atoms with E-state index in [1.165, 1.54) is 32.1 Å². The Kier molecular flexibility index (Phi) is 2.73. The lowest BCUT2D eigenvalue weighted by Gasteiger charge is -2.16. The van der Waals surface area contributed by atoms with Crippen molar-refractivity contribution >= 4 is 26.7 Å². The molecular formula is C18H19Br. The summed E-state index contributed by atoms with van der Waals surface area (Å²) in [5.41, 5.74) is 6.35. The molecule has 19 heavy (non-hydrogen) atoms. The van der Waals surface area contributed by atoms with Crippen LogP contribution >= 0.6 is 15.9 Å². The van der Waals surface area contributed by atoms with Gasteiger partial charge < -0.3 is 0 Å². The van der Waals surface area contributed by atoms with E-state index in [0.29, 0.717) is 4.83 Å². The first kappa shape index (κ1) is 12.0. The predicted molar refractivity (Wildman–Crippen MR) is 85.1 cm³/mol. The van der Waals surface area contributed by atoms with Crippen LogP contribution < -0.4 is 0 Å². The van der Waals surface area contributed by atoms with Gasteiger partial charge in [0, 0.05) is 4.83 Å². The highest BCUT2D eigenvalue weighted by molar-refractivity contribution is 9.09. The Balaban J connectivity index is 2.03. The van der Waals surface area contributed by atoms with Gasteiger partial charge in [0.15, 0.2) is 0 Å². The Labute approximate surface area is 123 Å². The van der Waals surface area contributed by atoms with Crippen molar-refractivity contribution in [1.29, 1.82) is 0 Å². The Morgan fingerprint density at radius 3 is 2.84 bits per heavy atom. The van der Waals surface area contributed by atoms with Gasteiger partial charge in [0.25, 0.3) is 0 Å². The Bertz CT molecular complexity index is 656. The van der Waals surface area contributed by atoms with E-state index in [-0.39, 0.29) is 0 Å². The lowest BCUT2D eigenvalue weighted by atomic mass is 9.92. The molecule has 0 nitrogen and oxygen atoms in total. The molecule has 0 fully saturated rings. The summed E-state index contributed by atoms with van der Waals surface area (Å²) in [4.78, 5) is 0.546. The topological polar surface area (TPSA) is 0 Å². The summed E-state index contributed by atoms with van der Waals surface area (Å²) in [6, 6.07) is 9.43. The van der Waals surface area contributed by atoms with Crippen molar-refractivity contribution in [3.63, 3.8) is 0 Å². The fraction of sp³-hybridized carbons (Fsp3) is 0.444. The first-order valence-corrected chi connectivity index (χ1v) is 8.36. The lowest BCUT2D eigenvalue weighted by molar-refractivity contribution is 0.508. The third kappa shape index (κ3) is 1.78. The minimum Gasteiger partial charge on any atom is -0.0839 e. The second-order valence-electron chi connectivity index (χ2n) is 6.29. The van der Waals surface area contributed by atoms with Crippen LogP contribution in [0.3, 0.4) is 0 Å². The van der Waals surface area contributed by atoms with Crippen molar-refractivity contribution in [1.82, 2.24) is 0 Å². The minimum atomic E-state index is 0.546. The zero-order valence-corrected chi connectivity index (χ0v) is 13.0. The molecule has 2 aliphatic carbocycles. The normalized spacial score (nSPS) is 25.4. The maximum atomic E-state index is 3.94. The number of alkyl halides is 1. The largest absolute Gasteiger partial charge is 0.0839 e. The molecule has 0 radical (unpaired) electrons. The molecule has 98 valence electrons. The molecule has 0 heterocycles. The molecule has 2 atom stereocenters. The first-order chi connectivity index (χ1) is 9.24. The highest BCUT2D eigenvalue weighted by Crippen LogP contribution is 2.43. The number of halogens is 1. The van der Waals surface area contributed by atoms with Gasteiger partial charge in [-0.25, -0.2) is 0 Å². The summed E-state index contributed by atoms with van der Waals surface area (Å²) in [6.45, 7) is 2.39. The van der Waals surface area contributed by atoms with Gasteiger partial charge in [-0.15, -0.1) is 0 Å². The summed E-state index contributed by atoms with van der Waals surface area (Å²) in [5, 5.41) is 3.12. The molecule has 4 rings (SSSR count). The summed E-state index contributed by atoms with van der Waals surface area (Å²) in [6.07, 6.45) is 6.32.